The number of pyridine rings is 1. The van der Waals surface area contributed by atoms with Crippen molar-refractivity contribution in [3.05, 3.63) is 114 Å². The van der Waals surface area contributed by atoms with E-state index in [-0.39, 0.29) is 6.04 Å². The fraction of sp³-hybridized carbons (Fsp3) is 0.147. The standard InChI is InChI=1S/C31H28N6S.C2H2.CH4O/c1-20-11-16-27-28(18-20)38-31(34-27)33-25-14-12-24(13-15-25)29-35-36-30-26(10-7-17-37(29)30)22(3)32-21(2)19-23-8-5-4-6-9-23;2*1-2/h4-18,21,32H,3,19H2,1-2H3,(H,33,34);1-2H;2H,1H3. The topological polar surface area (TPSA) is 87.4 Å². The van der Waals surface area contributed by atoms with E-state index in [1.165, 1.54) is 15.8 Å². The molecule has 0 amide bonds. The molecule has 42 heavy (non-hydrogen) atoms. The lowest BCUT2D eigenvalue weighted by molar-refractivity contribution is 0.399. The van der Waals surface area contributed by atoms with Crippen LogP contribution < -0.4 is 10.6 Å². The molecule has 0 bridgehead atoms. The number of aryl methyl sites for hydroxylation is 1. The molecule has 0 fully saturated rings. The maximum absolute atomic E-state index is 7.00. The molecule has 8 heteroatoms. The number of aromatic nitrogens is 4. The van der Waals surface area contributed by atoms with E-state index in [1.54, 1.807) is 11.3 Å². The largest absolute Gasteiger partial charge is 0.400 e. The zero-order valence-corrected chi connectivity index (χ0v) is 24.8. The van der Waals surface area contributed by atoms with E-state index in [2.05, 4.69) is 109 Å². The SMILES string of the molecule is C#C.C=C(NC(C)Cc1ccccc1)c1cccn2c(-c3ccc(Nc4nc5ccc(C)cc5s4)cc3)nnc12.CO. The highest BCUT2D eigenvalue weighted by atomic mass is 32.1. The Hall–Kier alpha value is -4.97. The van der Waals surface area contributed by atoms with E-state index >= 15 is 0 Å². The fourth-order valence-corrected chi connectivity index (χ4v) is 5.64. The summed E-state index contributed by atoms with van der Waals surface area (Å²) in [5.41, 5.74) is 8.05. The molecule has 0 aliphatic heterocycles. The molecule has 0 aliphatic carbocycles. The molecule has 3 aromatic carbocycles. The molecule has 1 unspecified atom stereocenters. The van der Waals surface area contributed by atoms with Gasteiger partial charge in [-0.3, -0.25) is 4.40 Å². The number of hydrogen-bond acceptors (Lipinski definition) is 7. The molecule has 0 saturated carbocycles. The second-order valence-corrected chi connectivity index (χ2v) is 10.6. The number of fused-ring (bicyclic) bond motifs is 2. The monoisotopic (exact) mass is 574 g/mol. The van der Waals surface area contributed by atoms with Gasteiger partial charge in [0.2, 0.25) is 0 Å². The van der Waals surface area contributed by atoms with Crippen molar-refractivity contribution in [1.82, 2.24) is 24.9 Å². The first-order valence-electron chi connectivity index (χ1n) is 13.4. The van der Waals surface area contributed by atoms with Crippen molar-refractivity contribution in [1.29, 1.82) is 0 Å². The lowest BCUT2D eigenvalue weighted by atomic mass is 10.1. The van der Waals surface area contributed by atoms with Gasteiger partial charge in [0.25, 0.3) is 0 Å². The Bertz CT molecular complexity index is 1790. The van der Waals surface area contributed by atoms with E-state index < -0.39 is 0 Å². The fourth-order valence-electron chi connectivity index (χ4n) is 4.65. The van der Waals surface area contributed by atoms with Crippen LogP contribution in [0.2, 0.25) is 0 Å². The summed E-state index contributed by atoms with van der Waals surface area (Å²) >= 11 is 1.66. The van der Waals surface area contributed by atoms with E-state index in [1.807, 2.05) is 40.9 Å². The Balaban J connectivity index is 0.000000972. The van der Waals surface area contributed by atoms with Gasteiger partial charge in [0.05, 0.1) is 10.2 Å². The number of terminal acetylenes is 1. The van der Waals surface area contributed by atoms with Crippen LogP contribution in [-0.2, 0) is 6.42 Å². The van der Waals surface area contributed by atoms with Crippen LogP contribution in [0, 0.1) is 19.8 Å². The smallest absolute Gasteiger partial charge is 0.188 e. The summed E-state index contributed by atoms with van der Waals surface area (Å²) in [7, 11) is 1.00. The highest BCUT2D eigenvalue weighted by Crippen LogP contribution is 2.30. The van der Waals surface area contributed by atoms with Crippen molar-refractivity contribution in [3.63, 3.8) is 0 Å². The minimum Gasteiger partial charge on any atom is -0.400 e. The van der Waals surface area contributed by atoms with Crippen LogP contribution in [0.1, 0.15) is 23.6 Å². The van der Waals surface area contributed by atoms with Gasteiger partial charge in [0.15, 0.2) is 16.6 Å². The molecule has 7 nitrogen and oxygen atoms in total. The predicted molar refractivity (Wildman–Crippen MR) is 176 cm³/mol. The highest BCUT2D eigenvalue weighted by Gasteiger charge is 2.14. The van der Waals surface area contributed by atoms with Crippen molar-refractivity contribution in [2.24, 2.45) is 0 Å². The molecule has 1 atom stereocenters. The van der Waals surface area contributed by atoms with E-state index in [0.717, 1.165) is 58.2 Å². The Labute approximate surface area is 250 Å². The summed E-state index contributed by atoms with van der Waals surface area (Å²) in [5, 5.41) is 23.9. The second kappa shape index (κ2) is 14.1. The quantitative estimate of drug-likeness (QED) is 0.168. The van der Waals surface area contributed by atoms with Crippen LogP contribution in [-0.4, -0.2) is 37.8 Å². The van der Waals surface area contributed by atoms with Crippen molar-refractivity contribution in [3.8, 4) is 24.2 Å². The number of aliphatic hydroxyl groups excluding tert-OH is 1. The molecule has 6 rings (SSSR count). The summed E-state index contributed by atoms with van der Waals surface area (Å²) < 4.78 is 3.20. The zero-order valence-electron chi connectivity index (χ0n) is 24.0. The first-order valence-corrected chi connectivity index (χ1v) is 14.2. The molecule has 3 aromatic heterocycles. The molecule has 212 valence electrons. The second-order valence-electron chi connectivity index (χ2n) is 9.55. The van der Waals surface area contributed by atoms with Gasteiger partial charge in [0.1, 0.15) is 0 Å². The lowest BCUT2D eigenvalue weighted by Crippen LogP contribution is -2.26. The van der Waals surface area contributed by atoms with Crippen LogP contribution in [0.4, 0.5) is 10.8 Å². The maximum Gasteiger partial charge on any atom is 0.188 e. The first-order chi connectivity index (χ1) is 20.5. The van der Waals surface area contributed by atoms with E-state index in [0.29, 0.717) is 0 Å². The van der Waals surface area contributed by atoms with Gasteiger partial charge in [-0.2, -0.15) is 0 Å². The number of benzene rings is 3. The Morgan fingerprint density at radius 3 is 2.45 bits per heavy atom. The van der Waals surface area contributed by atoms with Gasteiger partial charge < -0.3 is 15.7 Å². The van der Waals surface area contributed by atoms with Gasteiger partial charge >= 0.3 is 0 Å². The van der Waals surface area contributed by atoms with Crippen LogP contribution in [0.3, 0.4) is 0 Å². The van der Waals surface area contributed by atoms with E-state index in [4.69, 9.17) is 10.1 Å². The molecule has 6 aromatic rings. The number of nitrogens with zero attached hydrogens (tertiary/aromatic N) is 4. The lowest BCUT2D eigenvalue weighted by Gasteiger charge is -2.18. The van der Waals surface area contributed by atoms with Gasteiger partial charge in [-0.05, 0) is 79.9 Å². The molecular weight excluding hydrogens is 540 g/mol. The third kappa shape index (κ3) is 6.84. The Morgan fingerprint density at radius 1 is 0.976 bits per heavy atom. The van der Waals surface area contributed by atoms with Crippen molar-refractivity contribution >= 4 is 43.7 Å². The van der Waals surface area contributed by atoms with Crippen molar-refractivity contribution < 1.29 is 5.11 Å². The summed E-state index contributed by atoms with van der Waals surface area (Å²) in [5.74, 6) is 0.786. The molecular formula is C34H34N6OS. The first kappa shape index (κ1) is 30.0. The number of thiazole rings is 1. The van der Waals surface area contributed by atoms with Gasteiger partial charge in [-0.25, -0.2) is 4.98 Å². The van der Waals surface area contributed by atoms with Gasteiger partial charge in [-0.1, -0.05) is 54.3 Å². The van der Waals surface area contributed by atoms with Gasteiger partial charge in [0, 0.05) is 41.9 Å². The maximum atomic E-state index is 7.00. The molecule has 0 saturated heterocycles. The Kier molecular flexibility index (Phi) is 10.1. The minimum absolute atomic E-state index is 0.229. The number of hydrogen-bond donors (Lipinski definition) is 3. The molecule has 0 aliphatic rings. The molecule has 0 radical (unpaired) electrons. The van der Waals surface area contributed by atoms with Crippen LogP contribution in [0.15, 0.2) is 97.7 Å². The summed E-state index contributed by atoms with van der Waals surface area (Å²) in [4.78, 5) is 4.70. The van der Waals surface area contributed by atoms with Crippen LogP contribution >= 0.6 is 11.3 Å². The van der Waals surface area contributed by atoms with Crippen LogP contribution in [0.5, 0.6) is 0 Å². The predicted octanol–water partition coefficient (Wildman–Crippen LogP) is 7.11. The van der Waals surface area contributed by atoms with Crippen molar-refractivity contribution in [2.45, 2.75) is 26.3 Å². The molecule has 0 spiro atoms. The summed E-state index contributed by atoms with van der Waals surface area (Å²) in [6.45, 7) is 8.57. The third-order valence-electron chi connectivity index (χ3n) is 6.50. The van der Waals surface area contributed by atoms with Gasteiger partial charge in [-0.15, -0.1) is 23.0 Å². The average Bonchev–Trinajstić information content (AvgIpc) is 3.63. The summed E-state index contributed by atoms with van der Waals surface area (Å²) in [6.07, 6.45) is 10.9. The number of anilines is 2. The molecule has 3 N–H and O–H groups in total. The highest BCUT2D eigenvalue weighted by molar-refractivity contribution is 7.22. The normalized spacial score (nSPS) is 11.1. The summed E-state index contributed by atoms with van der Waals surface area (Å²) in [6, 6.07) is 29.3. The van der Waals surface area contributed by atoms with Crippen LogP contribution in [0.25, 0.3) is 32.9 Å². The molecule has 3 heterocycles. The Morgan fingerprint density at radius 2 is 1.71 bits per heavy atom. The average molecular weight is 575 g/mol. The number of nitrogens with one attached hydrogen (secondary N) is 2. The number of aliphatic hydroxyl groups is 1. The van der Waals surface area contributed by atoms with E-state index in [9.17, 15) is 0 Å². The minimum atomic E-state index is 0.229. The third-order valence-corrected chi connectivity index (χ3v) is 7.44. The zero-order chi connectivity index (χ0) is 30.1. The van der Waals surface area contributed by atoms with Crippen molar-refractivity contribution in [2.75, 3.05) is 12.4 Å². The number of rotatable bonds is 8.